The van der Waals surface area contributed by atoms with E-state index in [1.54, 1.807) is 0 Å². The first-order valence-electron chi connectivity index (χ1n) is 5.36. The fourth-order valence-corrected chi connectivity index (χ4v) is 1.89. The maximum Gasteiger partial charge on any atom is 0.124 e. The highest BCUT2D eigenvalue weighted by Gasteiger charge is 2.10. The van der Waals surface area contributed by atoms with Crippen molar-refractivity contribution in [1.29, 1.82) is 0 Å². The molecule has 3 heteroatoms. The summed E-state index contributed by atoms with van der Waals surface area (Å²) in [6.45, 7) is 4.95. The molecule has 0 bridgehead atoms. The van der Waals surface area contributed by atoms with Crippen molar-refractivity contribution in [3.63, 3.8) is 0 Å². The largest absolute Gasteiger partial charge is 0.493 e. The van der Waals surface area contributed by atoms with Crippen molar-refractivity contribution in [3.8, 4) is 5.75 Å². The minimum Gasteiger partial charge on any atom is -0.493 e. The number of hydrogen-bond acceptors (Lipinski definition) is 2. The first kappa shape index (κ1) is 12.8. The first-order chi connectivity index (χ1) is 7.19. The molecule has 84 valence electrons. The van der Waals surface area contributed by atoms with Gasteiger partial charge in [-0.25, -0.2) is 0 Å². The lowest BCUT2D eigenvalue weighted by molar-refractivity contribution is 0.312. The van der Waals surface area contributed by atoms with Crippen molar-refractivity contribution in [3.05, 3.63) is 27.3 Å². The van der Waals surface area contributed by atoms with E-state index >= 15 is 0 Å². The van der Waals surface area contributed by atoms with Gasteiger partial charge < -0.3 is 10.5 Å². The van der Waals surface area contributed by atoms with Crippen LogP contribution < -0.4 is 10.5 Å². The molecule has 0 heterocycles. The molecule has 1 aromatic rings. The summed E-state index contributed by atoms with van der Waals surface area (Å²) in [5, 5.41) is 0. The van der Waals surface area contributed by atoms with Gasteiger partial charge in [0, 0.05) is 15.2 Å². The van der Waals surface area contributed by atoms with Crippen molar-refractivity contribution >= 4 is 22.6 Å². The Morgan fingerprint density at radius 1 is 1.40 bits per heavy atom. The normalized spacial score (nSPS) is 12.5. The van der Waals surface area contributed by atoms with E-state index in [4.69, 9.17) is 10.5 Å². The van der Waals surface area contributed by atoms with Crippen LogP contribution in [-0.2, 0) is 0 Å². The zero-order valence-electron chi connectivity index (χ0n) is 9.29. The number of benzene rings is 1. The molecule has 1 rings (SSSR count). The van der Waals surface area contributed by atoms with Crippen molar-refractivity contribution in [2.75, 3.05) is 6.61 Å². The number of rotatable bonds is 5. The van der Waals surface area contributed by atoms with Gasteiger partial charge in [-0.05, 0) is 53.6 Å². The second-order valence-electron chi connectivity index (χ2n) is 3.55. The van der Waals surface area contributed by atoms with Crippen LogP contribution in [0.1, 0.15) is 38.3 Å². The number of nitrogens with two attached hydrogens (primary N) is 1. The molecule has 0 aliphatic carbocycles. The Morgan fingerprint density at radius 3 is 2.73 bits per heavy atom. The van der Waals surface area contributed by atoms with Crippen LogP contribution in [-0.4, -0.2) is 6.61 Å². The number of ether oxygens (including phenoxy) is 1. The predicted octanol–water partition coefficient (Wildman–Crippen LogP) is 3.49. The van der Waals surface area contributed by atoms with E-state index in [1.807, 2.05) is 6.07 Å². The molecule has 1 unspecified atom stereocenters. The molecule has 0 saturated heterocycles. The van der Waals surface area contributed by atoms with Crippen LogP contribution in [0.5, 0.6) is 5.75 Å². The third-order valence-electron chi connectivity index (χ3n) is 2.27. The van der Waals surface area contributed by atoms with Gasteiger partial charge in [0.25, 0.3) is 0 Å². The van der Waals surface area contributed by atoms with Crippen LogP contribution in [0, 0.1) is 3.57 Å². The van der Waals surface area contributed by atoms with Crippen molar-refractivity contribution in [2.24, 2.45) is 5.73 Å². The molecule has 2 N–H and O–H groups in total. The van der Waals surface area contributed by atoms with Crippen LogP contribution in [0.3, 0.4) is 0 Å². The third kappa shape index (κ3) is 3.65. The Bertz CT molecular complexity index is 314. The summed E-state index contributed by atoms with van der Waals surface area (Å²) >= 11 is 2.30. The van der Waals surface area contributed by atoms with E-state index in [0.717, 1.165) is 30.8 Å². The van der Waals surface area contributed by atoms with Gasteiger partial charge in [0.1, 0.15) is 5.75 Å². The highest BCUT2D eigenvalue weighted by molar-refractivity contribution is 14.1. The summed E-state index contributed by atoms with van der Waals surface area (Å²) < 4.78 is 6.88. The highest BCUT2D eigenvalue weighted by atomic mass is 127. The van der Waals surface area contributed by atoms with Gasteiger partial charge in [-0.15, -0.1) is 0 Å². The molecule has 1 aromatic carbocycles. The Balaban J connectivity index is 2.92. The zero-order chi connectivity index (χ0) is 11.3. The molecular weight excluding hydrogens is 301 g/mol. The van der Waals surface area contributed by atoms with Gasteiger partial charge in [-0.3, -0.25) is 0 Å². The summed E-state index contributed by atoms with van der Waals surface area (Å²) in [6, 6.07) is 6.26. The summed E-state index contributed by atoms with van der Waals surface area (Å²) in [5.41, 5.74) is 7.18. The monoisotopic (exact) mass is 319 g/mol. The van der Waals surface area contributed by atoms with Crippen molar-refractivity contribution < 1.29 is 4.74 Å². The van der Waals surface area contributed by atoms with Gasteiger partial charge in [-0.1, -0.05) is 13.8 Å². The molecule has 15 heavy (non-hydrogen) atoms. The summed E-state index contributed by atoms with van der Waals surface area (Å²) in [4.78, 5) is 0. The molecule has 1 atom stereocenters. The third-order valence-corrected chi connectivity index (χ3v) is 2.94. The lowest BCUT2D eigenvalue weighted by Gasteiger charge is -2.15. The van der Waals surface area contributed by atoms with Gasteiger partial charge in [-0.2, -0.15) is 0 Å². The Kier molecular flexibility index (Phi) is 5.39. The number of halogens is 1. The van der Waals surface area contributed by atoms with Crippen molar-refractivity contribution in [1.82, 2.24) is 0 Å². The fourth-order valence-electron chi connectivity index (χ4n) is 1.37. The minimum atomic E-state index is 0.0755. The van der Waals surface area contributed by atoms with Gasteiger partial charge in [0.15, 0.2) is 0 Å². The second kappa shape index (κ2) is 6.33. The van der Waals surface area contributed by atoms with Crippen LogP contribution in [0.15, 0.2) is 18.2 Å². The molecule has 0 amide bonds. The fraction of sp³-hybridized carbons (Fsp3) is 0.500. The Labute approximate surface area is 105 Å². The van der Waals surface area contributed by atoms with E-state index < -0.39 is 0 Å². The second-order valence-corrected chi connectivity index (χ2v) is 4.79. The number of hydrogen-bond donors (Lipinski definition) is 1. The lowest BCUT2D eigenvalue weighted by Crippen LogP contribution is -2.11. The van der Waals surface area contributed by atoms with Gasteiger partial charge in [0.05, 0.1) is 6.61 Å². The molecule has 0 aliphatic heterocycles. The first-order valence-corrected chi connectivity index (χ1v) is 6.44. The average molecular weight is 319 g/mol. The van der Waals surface area contributed by atoms with Crippen LogP contribution in [0.25, 0.3) is 0 Å². The SMILES string of the molecule is CCCOc1ccc(I)cc1C(N)CC. The predicted molar refractivity (Wildman–Crippen MR) is 72.2 cm³/mol. The quantitative estimate of drug-likeness (QED) is 0.843. The zero-order valence-corrected chi connectivity index (χ0v) is 11.5. The van der Waals surface area contributed by atoms with E-state index in [0.29, 0.717) is 0 Å². The molecule has 0 aliphatic rings. The maximum atomic E-state index is 6.05. The van der Waals surface area contributed by atoms with E-state index in [9.17, 15) is 0 Å². The minimum absolute atomic E-state index is 0.0755. The average Bonchev–Trinajstić information content (AvgIpc) is 2.26. The van der Waals surface area contributed by atoms with E-state index in [2.05, 4.69) is 48.6 Å². The van der Waals surface area contributed by atoms with E-state index in [-0.39, 0.29) is 6.04 Å². The topological polar surface area (TPSA) is 35.2 Å². The molecule has 0 spiro atoms. The van der Waals surface area contributed by atoms with Gasteiger partial charge in [0.2, 0.25) is 0 Å². The highest BCUT2D eigenvalue weighted by Crippen LogP contribution is 2.27. The Hall–Kier alpha value is -0.290. The van der Waals surface area contributed by atoms with Crippen LogP contribution in [0.2, 0.25) is 0 Å². The smallest absolute Gasteiger partial charge is 0.124 e. The maximum absolute atomic E-state index is 6.05. The lowest BCUT2D eigenvalue weighted by atomic mass is 10.0. The standard InChI is InChI=1S/C12H18INO/c1-3-7-15-12-6-5-9(13)8-10(12)11(14)4-2/h5-6,8,11H,3-4,7,14H2,1-2H3. The molecule has 0 fully saturated rings. The molecule has 0 aromatic heterocycles. The molecule has 0 saturated carbocycles. The van der Waals surface area contributed by atoms with Gasteiger partial charge >= 0.3 is 0 Å². The molecular formula is C12H18INO. The van der Waals surface area contributed by atoms with Crippen molar-refractivity contribution in [2.45, 2.75) is 32.7 Å². The van der Waals surface area contributed by atoms with E-state index in [1.165, 1.54) is 3.57 Å². The summed E-state index contributed by atoms with van der Waals surface area (Å²) in [7, 11) is 0. The summed E-state index contributed by atoms with van der Waals surface area (Å²) in [5.74, 6) is 0.937. The molecule has 0 radical (unpaired) electrons. The van der Waals surface area contributed by atoms with Crippen LogP contribution in [0.4, 0.5) is 0 Å². The van der Waals surface area contributed by atoms with Crippen LogP contribution >= 0.6 is 22.6 Å². The molecule has 2 nitrogen and oxygen atoms in total. The Morgan fingerprint density at radius 2 is 2.13 bits per heavy atom. The summed E-state index contributed by atoms with van der Waals surface area (Å²) in [6.07, 6.45) is 1.95.